The van der Waals surface area contributed by atoms with Crippen LogP contribution < -0.4 is 15.5 Å². The maximum atomic E-state index is 13.0. The SMILES string of the molecule is CN(C)C1CCN(C(=O)c2ccc(NC(=O)Nc3ccc(-c4nc5c(c(N6CCOCC6)n4)CN(S(C)(=O)=O)CC5)cc3)cc2)CC1. The van der Waals surface area contributed by atoms with E-state index in [1.807, 2.05) is 17.0 Å². The van der Waals surface area contributed by atoms with Crippen molar-refractivity contribution in [1.82, 2.24) is 24.1 Å². The smallest absolute Gasteiger partial charge is 0.323 e. The molecule has 0 radical (unpaired) electrons. The van der Waals surface area contributed by atoms with E-state index in [-0.39, 0.29) is 12.5 Å². The van der Waals surface area contributed by atoms with Gasteiger partial charge in [0.15, 0.2) is 5.82 Å². The number of aromatic nitrogens is 2. The van der Waals surface area contributed by atoms with Crippen molar-refractivity contribution in [3.63, 3.8) is 0 Å². The van der Waals surface area contributed by atoms with Crippen LogP contribution in [0.3, 0.4) is 0 Å². The van der Waals surface area contributed by atoms with Gasteiger partial charge in [0, 0.05) is 79.8 Å². The molecule has 0 saturated carbocycles. The van der Waals surface area contributed by atoms with E-state index >= 15 is 0 Å². The van der Waals surface area contributed by atoms with Gasteiger partial charge in [0.25, 0.3) is 5.91 Å². The van der Waals surface area contributed by atoms with Gasteiger partial charge in [-0.25, -0.2) is 23.2 Å². The molecule has 2 saturated heterocycles. The Morgan fingerprint density at radius 1 is 0.872 bits per heavy atom. The topological polar surface area (TPSA) is 140 Å². The number of likely N-dealkylation sites (tertiary alicyclic amines) is 1. The van der Waals surface area contributed by atoms with Crippen molar-refractivity contribution in [2.75, 3.05) is 81.8 Å². The van der Waals surface area contributed by atoms with Crippen LogP contribution in [0.15, 0.2) is 48.5 Å². The minimum Gasteiger partial charge on any atom is -0.378 e. The second kappa shape index (κ2) is 13.9. The molecule has 2 fully saturated rings. The predicted octanol–water partition coefficient (Wildman–Crippen LogP) is 3.11. The summed E-state index contributed by atoms with van der Waals surface area (Å²) >= 11 is 0. The van der Waals surface area contributed by atoms with Gasteiger partial charge in [0.05, 0.1) is 25.2 Å². The highest BCUT2D eigenvalue weighted by atomic mass is 32.2. The predicted molar refractivity (Wildman–Crippen MR) is 181 cm³/mol. The molecule has 3 aliphatic heterocycles. The summed E-state index contributed by atoms with van der Waals surface area (Å²) in [5.74, 6) is 1.30. The van der Waals surface area contributed by atoms with Gasteiger partial charge < -0.3 is 30.1 Å². The normalized spacial score (nSPS) is 17.8. The van der Waals surface area contributed by atoms with Gasteiger partial charge in [0.2, 0.25) is 10.0 Å². The number of hydrogen-bond acceptors (Lipinski definition) is 9. The summed E-state index contributed by atoms with van der Waals surface area (Å²) in [6, 6.07) is 14.3. The number of ether oxygens (including phenoxy) is 1. The zero-order valence-corrected chi connectivity index (χ0v) is 27.9. The number of nitrogens with zero attached hydrogens (tertiary/aromatic N) is 6. The Hall–Kier alpha value is -4.11. The molecule has 6 rings (SSSR count). The molecule has 13 nitrogen and oxygen atoms in total. The molecule has 1 aromatic heterocycles. The van der Waals surface area contributed by atoms with Crippen LogP contribution >= 0.6 is 0 Å². The highest BCUT2D eigenvalue weighted by Gasteiger charge is 2.30. The van der Waals surface area contributed by atoms with Crippen LogP contribution in [0.5, 0.6) is 0 Å². The first-order chi connectivity index (χ1) is 22.5. The van der Waals surface area contributed by atoms with Crippen LogP contribution in [0.4, 0.5) is 22.0 Å². The summed E-state index contributed by atoms with van der Waals surface area (Å²) < 4.78 is 31.6. The number of hydrogen-bond donors (Lipinski definition) is 2. The van der Waals surface area contributed by atoms with E-state index in [0.29, 0.717) is 68.1 Å². The molecule has 47 heavy (non-hydrogen) atoms. The lowest BCUT2D eigenvalue weighted by Gasteiger charge is -2.35. The third kappa shape index (κ3) is 7.73. The summed E-state index contributed by atoms with van der Waals surface area (Å²) in [6.07, 6.45) is 3.65. The van der Waals surface area contributed by atoms with Crippen molar-refractivity contribution in [2.45, 2.75) is 31.8 Å². The molecule has 3 aliphatic rings. The summed E-state index contributed by atoms with van der Waals surface area (Å²) in [7, 11) is 0.802. The van der Waals surface area contributed by atoms with E-state index in [9.17, 15) is 18.0 Å². The molecule has 14 heteroatoms. The zero-order valence-electron chi connectivity index (χ0n) is 27.1. The molecule has 2 N–H and O–H groups in total. The monoisotopic (exact) mass is 662 g/mol. The van der Waals surface area contributed by atoms with E-state index in [2.05, 4.69) is 34.5 Å². The Kier molecular flexibility index (Phi) is 9.73. The molecule has 250 valence electrons. The molecule has 0 atom stereocenters. The molecule has 2 aromatic carbocycles. The zero-order chi connectivity index (χ0) is 33.1. The molecule has 0 bridgehead atoms. The largest absolute Gasteiger partial charge is 0.378 e. The number of piperidine rings is 1. The van der Waals surface area contributed by atoms with Crippen LogP contribution in [-0.4, -0.2) is 117 Å². The van der Waals surface area contributed by atoms with E-state index in [1.165, 1.54) is 10.6 Å². The van der Waals surface area contributed by atoms with Gasteiger partial charge in [-0.15, -0.1) is 0 Å². The molecule has 0 unspecified atom stereocenters. The average Bonchev–Trinajstić information content (AvgIpc) is 3.08. The van der Waals surface area contributed by atoms with Gasteiger partial charge in [-0.3, -0.25) is 4.79 Å². The lowest BCUT2D eigenvalue weighted by Crippen LogP contribution is -2.44. The molecular formula is C33H42N8O5S. The molecule has 3 aromatic rings. The number of sulfonamides is 1. The lowest BCUT2D eigenvalue weighted by molar-refractivity contribution is 0.0663. The van der Waals surface area contributed by atoms with E-state index in [4.69, 9.17) is 14.7 Å². The number of nitrogens with one attached hydrogen (secondary N) is 2. The van der Waals surface area contributed by atoms with Crippen LogP contribution in [0.1, 0.15) is 34.5 Å². The van der Waals surface area contributed by atoms with Crippen LogP contribution in [0.2, 0.25) is 0 Å². The van der Waals surface area contributed by atoms with Crippen LogP contribution in [-0.2, 0) is 27.7 Å². The van der Waals surface area contributed by atoms with E-state index < -0.39 is 16.1 Å². The quantitative estimate of drug-likeness (QED) is 0.391. The lowest BCUT2D eigenvalue weighted by atomic mass is 10.0. The standard InChI is InChI=1S/C33H42N8O5S/c1-38(2)27-12-15-40(16-13-27)32(42)24-6-10-26(11-7-24)35-33(43)34-25-8-4-23(5-9-25)30-36-29-14-17-41(47(3,44)45)22-28(29)31(37-30)39-18-20-46-21-19-39/h4-11,27H,12-22H2,1-3H3,(H2,34,35,43). The fourth-order valence-corrected chi connectivity index (χ4v) is 7.07. The summed E-state index contributed by atoms with van der Waals surface area (Å²) in [5.41, 5.74) is 4.24. The number of rotatable bonds is 7. The number of benzene rings is 2. The number of carbonyl (C=O) groups excluding carboxylic acids is 2. The maximum absolute atomic E-state index is 13.0. The number of carbonyl (C=O) groups is 2. The number of fused-ring (bicyclic) bond motifs is 1. The van der Waals surface area contributed by atoms with Gasteiger partial charge in [-0.05, 0) is 75.5 Å². The highest BCUT2D eigenvalue weighted by Crippen LogP contribution is 2.31. The van der Waals surface area contributed by atoms with E-state index in [1.54, 1.807) is 36.4 Å². The van der Waals surface area contributed by atoms with Crippen molar-refractivity contribution in [3.8, 4) is 11.4 Å². The van der Waals surface area contributed by atoms with Gasteiger partial charge in [-0.2, -0.15) is 4.31 Å². The third-order valence-electron chi connectivity index (χ3n) is 9.06. The molecular weight excluding hydrogens is 620 g/mol. The van der Waals surface area contributed by atoms with Gasteiger partial charge in [0.1, 0.15) is 5.82 Å². The molecule has 0 spiro atoms. The van der Waals surface area contributed by atoms with Crippen molar-refractivity contribution >= 4 is 39.2 Å². The van der Waals surface area contributed by atoms with Gasteiger partial charge >= 0.3 is 6.03 Å². The Labute approximate surface area is 276 Å². The second-order valence-electron chi connectivity index (χ2n) is 12.5. The van der Waals surface area contributed by atoms with Crippen LogP contribution in [0, 0.1) is 0 Å². The van der Waals surface area contributed by atoms with Crippen molar-refractivity contribution in [3.05, 3.63) is 65.4 Å². The number of amides is 3. The molecule has 3 amide bonds. The molecule has 0 aliphatic carbocycles. The van der Waals surface area contributed by atoms with E-state index in [0.717, 1.165) is 48.6 Å². The van der Waals surface area contributed by atoms with Crippen LogP contribution in [0.25, 0.3) is 11.4 Å². The van der Waals surface area contributed by atoms with Crippen molar-refractivity contribution < 1.29 is 22.7 Å². The number of anilines is 3. The fourth-order valence-electron chi connectivity index (χ4n) is 6.28. The summed E-state index contributed by atoms with van der Waals surface area (Å²) in [6.45, 7) is 4.56. The summed E-state index contributed by atoms with van der Waals surface area (Å²) in [5, 5.41) is 5.67. The second-order valence-corrected chi connectivity index (χ2v) is 14.4. The van der Waals surface area contributed by atoms with Crippen molar-refractivity contribution in [1.29, 1.82) is 0 Å². The average molecular weight is 663 g/mol. The third-order valence-corrected chi connectivity index (χ3v) is 10.3. The van der Waals surface area contributed by atoms with Gasteiger partial charge in [-0.1, -0.05) is 0 Å². The Balaban J connectivity index is 1.10. The minimum atomic E-state index is -3.35. The fraction of sp³-hybridized carbons (Fsp3) is 0.455. The number of urea groups is 1. The first-order valence-corrected chi connectivity index (χ1v) is 17.8. The Morgan fingerprint density at radius 3 is 2.09 bits per heavy atom. The minimum absolute atomic E-state index is 0.00847. The number of morpholine rings is 1. The Bertz CT molecular complexity index is 1700. The molecule has 4 heterocycles. The maximum Gasteiger partial charge on any atom is 0.323 e. The first-order valence-electron chi connectivity index (χ1n) is 16.0. The van der Waals surface area contributed by atoms with Crippen molar-refractivity contribution in [2.24, 2.45) is 0 Å². The summed E-state index contributed by atoms with van der Waals surface area (Å²) in [4.78, 5) is 41.7. The first kappa shape index (κ1) is 32.8. The highest BCUT2D eigenvalue weighted by molar-refractivity contribution is 7.88. The Morgan fingerprint density at radius 2 is 1.49 bits per heavy atom.